The molecule has 5 heteroatoms. The number of carbonyl (C=O) groups is 1. The van der Waals surface area contributed by atoms with Crippen LogP contribution in [0.25, 0.3) is 10.8 Å². The number of para-hydroxylation sites is 1. The van der Waals surface area contributed by atoms with Gasteiger partial charge in [-0.1, -0.05) is 86.6 Å². The van der Waals surface area contributed by atoms with Gasteiger partial charge in [-0.2, -0.15) is 0 Å². The first kappa shape index (κ1) is 26.7. The highest BCUT2D eigenvalue weighted by atomic mass is 35.5. The van der Waals surface area contributed by atoms with Gasteiger partial charge in [-0.3, -0.25) is 0 Å². The van der Waals surface area contributed by atoms with Crippen LogP contribution in [0.4, 0.5) is 0 Å². The molecule has 0 radical (unpaired) electrons. The molecular formula is C32H34ClNO3. The van der Waals surface area contributed by atoms with Crippen LogP contribution in [-0.4, -0.2) is 23.7 Å². The van der Waals surface area contributed by atoms with E-state index in [0.717, 1.165) is 28.9 Å². The van der Waals surface area contributed by atoms with Gasteiger partial charge in [0, 0.05) is 24.1 Å². The minimum Gasteiger partial charge on any atom is -0.489 e. The fraction of sp³-hybridized carbons (Fsp3) is 0.281. The second-order valence-corrected chi connectivity index (χ2v) is 10.1. The number of aromatic carboxylic acids is 1. The van der Waals surface area contributed by atoms with Gasteiger partial charge in [0.15, 0.2) is 0 Å². The van der Waals surface area contributed by atoms with E-state index in [4.69, 9.17) is 4.74 Å². The molecule has 3 atom stereocenters. The summed E-state index contributed by atoms with van der Waals surface area (Å²) < 4.78 is 6.42. The van der Waals surface area contributed by atoms with Crippen LogP contribution >= 0.6 is 12.4 Å². The Morgan fingerprint density at radius 3 is 2.46 bits per heavy atom. The van der Waals surface area contributed by atoms with Crippen LogP contribution in [-0.2, 0) is 0 Å². The van der Waals surface area contributed by atoms with Gasteiger partial charge in [0.1, 0.15) is 11.9 Å². The van der Waals surface area contributed by atoms with E-state index in [1.54, 1.807) is 0 Å². The maximum atomic E-state index is 12.0. The molecule has 5 rings (SSSR count). The molecule has 4 nitrogen and oxygen atoms in total. The molecule has 1 aliphatic rings. The molecule has 0 bridgehead atoms. The number of benzene rings is 4. The Kier molecular flexibility index (Phi) is 8.21. The highest BCUT2D eigenvalue weighted by Gasteiger charge is 2.30. The van der Waals surface area contributed by atoms with Gasteiger partial charge in [0.25, 0.3) is 0 Å². The molecule has 0 spiro atoms. The maximum absolute atomic E-state index is 12.0. The van der Waals surface area contributed by atoms with E-state index in [0.29, 0.717) is 12.1 Å². The lowest BCUT2D eigenvalue weighted by atomic mass is 9.82. The normalized spacial score (nSPS) is 17.5. The number of carboxylic acids is 1. The first-order valence-electron chi connectivity index (χ1n) is 12.8. The van der Waals surface area contributed by atoms with Crippen molar-refractivity contribution in [2.24, 2.45) is 0 Å². The van der Waals surface area contributed by atoms with Crippen molar-refractivity contribution < 1.29 is 14.6 Å². The highest BCUT2D eigenvalue weighted by molar-refractivity contribution is 5.90. The fourth-order valence-corrected chi connectivity index (χ4v) is 5.46. The van der Waals surface area contributed by atoms with E-state index in [1.807, 2.05) is 44.2 Å². The van der Waals surface area contributed by atoms with Crippen molar-refractivity contribution in [2.75, 3.05) is 6.54 Å². The molecule has 1 unspecified atom stereocenters. The zero-order valence-electron chi connectivity index (χ0n) is 21.5. The van der Waals surface area contributed by atoms with Crippen molar-refractivity contribution in [3.8, 4) is 5.75 Å². The van der Waals surface area contributed by atoms with Crippen molar-refractivity contribution in [1.82, 2.24) is 5.32 Å². The van der Waals surface area contributed by atoms with E-state index in [-0.39, 0.29) is 36.4 Å². The SMILES string of the molecule is CC(C)c1ccc([C@@H]2C[C@H](CNC(C)c3cccc4ccccc34)Oc3ccccc32)cc1C(=O)O.Cl. The summed E-state index contributed by atoms with van der Waals surface area (Å²) in [6, 6.07) is 29.2. The van der Waals surface area contributed by atoms with Gasteiger partial charge in [-0.05, 0) is 58.9 Å². The molecule has 4 aromatic carbocycles. The largest absolute Gasteiger partial charge is 0.489 e. The molecule has 0 aromatic heterocycles. The molecule has 0 saturated heterocycles. The first-order valence-corrected chi connectivity index (χ1v) is 12.8. The van der Waals surface area contributed by atoms with E-state index >= 15 is 0 Å². The summed E-state index contributed by atoms with van der Waals surface area (Å²) >= 11 is 0. The summed E-state index contributed by atoms with van der Waals surface area (Å²) in [6.07, 6.45) is 0.757. The molecular weight excluding hydrogens is 482 g/mol. The first-order chi connectivity index (χ1) is 17.4. The van der Waals surface area contributed by atoms with Gasteiger partial charge in [0.05, 0.1) is 5.56 Å². The molecule has 0 aliphatic carbocycles. The van der Waals surface area contributed by atoms with Crippen LogP contribution in [0.1, 0.15) is 77.7 Å². The van der Waals surface area contributed by atoms with Gasteiger partial charge in [-0.25, -0.2) is 4.79 Å². The average molecular weight is 516 g/mol. The van der Waals surface area contributed by atoms with E-state index in [2.05, 4.69) is 66.8 Å². The smallest absolute Gasteiger partial charge is 0.335 e. The lowest BCUT2D eigenvalue weighted by Gasteiger charge is -2.34. The van der Waals surface area contributed by atoms with Crippen LogP contribution in [0.2, 0.25) is 0 Å². The van der Waals surface area contributed by atoms with Gasteiger partial charge < -0.3 is 15.2 Å². The standard InChI is InChI=1S/C32H33NO3.ClH/c1-20(2)25-16-15-23(17-30(25)32(34)35)29-18-24(36-31-14-7-6-12-28(29)31)19-33-21(3)26-13-8-10-22-9-4-5-11-27(22)26;/h4-17,20-21,24,29,33H,18-19H2,1-3H3,(H,34,35);1H/t21?,24-,29+;/m1./s1. The van der Waals surface area contributed by atoms with Gasteiger partial charge >= 0.3 is 5.97 Å². The quantitative estimate of drug-likeness (QED) is 0.264. The number of hydrogen-bond donors (Lipinski definition) is 2. The average Bonchev–Trinajstić information content (AvgIpc) is 2.90. The summed E-state index contributed by atoms with van der Waals surface area (Å²) in [5.74, 6) is 0.236. The topological polar surface area (TPSA) is 58.6 Å². The van der Waals surface area contributed by atoms with Crippen molar-refractivity contribution in [3.05, 3.63) is 113 Å². The molecule has 0 fully saturated rings. The van der Waals surface area contributed by atoms with Crippen molar-refractivity contribution in [1.29, 1.82) is 0 Å². The molecule has 1 heterocycles. The Balaban J connectivity index is 0.00000320. The number of halogens is 1. The predicted molar refractivity (Wildman–Crippen MR) is 152 cm³/mol. The Morgan fingerprint density at radius 1 is 0.946 bits per heavy atom. The van der Waals surface area contributed by atoms with Gasteiger partial charge in [0.2, 0.25) is 0 Å². The minimum atomic E-state index is -0.872. The van der Waals surface area contributed by atoms with E-state index in [9.17, 15) is 9.90 Å². The molecule has 37 heavy (non-hydrogen) atoms. The lowest BCUT2D eigenvalue weighted by molar-refractivity contribution is 0.0695. The number of fused-ring (bicyclic) bond motifs is 2. The summed E-state index contributed by atoms with van der Waals surface area (Å²) in [6.45, 7) is 6.96. The number of rotatable bonds is 7. The van der Waals surface area contributed by atoms with Crippen molar-refractivity contribution in [2.45, 2.75) is 51.2 Å². The maximum Gasteiger partial charge on any atom is 0.335 e. The Bertz CT molecular complexity index is 1390. The van der Waals surface area contributed by atoms with Crippen LogP contribution in [0.5, 0.6) is 5.75 Å². The zero-order chi connectivity index (χ0) is 25.2. The number of carboxylic acid groups (broad SMARTS) is 1. The van der Waals surface area contributed by atoms with Crippen LogP contribution in [0.3, 0.4) is 0 Å². The molecule has 0 amide bonds. The summed E-state index contributed by atoms with van der Waals surface area (Å²) in [7, 11) is 0. The lowest BCUT2D eigenvalue weighted by Crippen LogP contribution is -2.37. The monoisotopic (exact) mass is 515 g/mol. The number of hydrogen-bond acceptors (Lipinski definition) is 3. The van der Waals surface area contributed by atoms with Crippen LogP contribution in [0.15, 0.2) is 84.9 Å². The molecule has 0 saturated carbocycles. The molecule has 192 valence electrons. The zero-order valence-corrected chi connectivity index (χ0v) is 22.3. The van der Waals surface area contributed by atoms with Gasteiger partial charge in [-0.15, -0.1) is 12.4 Å². The second kappa shape index (κ2) is 11.4. The van der Waals surface area contributed by atoms with Crippen LogP contribution in [0, 0.1) is 0 Å². The third-order valence-corrected chi connectivity index (χ3v) is 7.36. The van der Waals surface area contributed by atoms with Crippen molar-refractivity contribution >= 4 is 29.1 Å². The molecule has 2 N–H and O–H groups in total. The van der Waals surface area contributed by atoms with Crippen LogP contribution < -0.4 is 10.1 Å². The molecule has 4 aromatic rings. The van der Waals surface area contributed by atoms with Crippen molar-refractivity contribution in [3.63, 3.8) is 0 Å². The molecule has 1 aliphatic heterocycles. The summed E-state index contributed by atoms with van der Waals surface area (Å²) in [5, 5.41) is 16.1. The minimum absolute atomic E-state index is 0. The Hall–Kier alpha value is -3.34. The third kappa shape index (κ3) is 5.51. The number of ether oxygens (including phenoxy) is 1. The third-order valence-electron chi connectivity index (χ3n) is 7.36. The fourth-order valence-electron chi connectivity index (χ4n) is 5.46. The Morgan fingerprint density at radius 2 is 1.68 bits per heavy atom. The summed E-state index contributed by atoms with van der Waals surface area (Å²) in [4.78, 5) is 12.0. The summed E-state index contributed by atoms with van der Waals surface area (Å²) in [5.41, 5.74) is 4.68. The van der Waals surface area contributed by atoms with E-state index in [1.165, 1.54) is 16.3 Å². The second-order valence-electron chi connectivity index (χ2n) is 10.1. The Labute approximate surface area is 225 Å². The van der Waals surface area contributed by atoms with E-state index < -0.39 is 5.97 Å². The predicted octanol–water partition coefficient (Wildman–Crippen LogP) is 7.72. The number of nitrogens with one attached hydrogen (secondary N) is 1. The highest BCUT2D eigenvalue weighted by Crippen LogP contribution is 2.41.